The van der Waals surface area contributed by atoms with Gasteiger partial charge in [-0.25, -0.2) is 9.59 Å². The lowest BCUT2D eigenvalue weighted by Crippen LogP contribution is -2.57. The molecule has 8 nitrogen and oxygen atoms in total. The normalized spacial score (nSPS) is 22.9. The standard InChI is InChI=1S/C16H28N2O6/c1-15(2,3)11(17-14(23)24-16(4,5)6)12(20)18-8-9(19)7-10(18)13(21)22/h9-11,19H,7-8H2,1-6H3,(H,17,23)(H,21,22)/t9?,10-,11?/m0/s1. The minimum absolute atomic E-state index is 0.0234. The van der Waals surface area contributed by atoms with E-state index >= 15 is 0 Å². The number of hydrogen-bond acceptors (Lipinski definition) is 5. The number of ether oxygens (including phenoxy) is 1. The molecule has 0 radical (unpaired) electrons. The highest BCUT2D eigenvalue weighted by Gasteiger charge is 2.44. The van der Waals surface area contributed by atoms with E-state index in [9.17, 15) is 24.6 Å². The van der Waals surface area contributed by atoms with Crippen LogP contribution in [0.15, 0.2) is 0 Å². The molecule has 1 aliphatic heterocycles. The number of aliphatic hydroxyl groups excluding tert-OH is 1. The smallest absolute Gasteiger partial charge is 0.408 e. The topological polar surface area (TPSA) is 116 Å². The van der Waals surface area contributed by atoms with Crippen LogP contribution < -0.4 is 5.32 Å². The van der Waals surface area contributed by atoms with Crippen LogP contribution in [-0.2, 0) is 14.3 Å². The third-order valence-electron chi connectivity index (χ3n) is 3.62. The fourth-order valence-corrected chi connectivity index (χ4v) is 2.53. The van der Waals surface area contributed by atoms with Gasteiger partial charge >= 0.3 is 12.1 Å². The predicted molar refractivity (Wildman–Crippen MR) is 86.4 cm³/mol. The zero-order chi connectivity index (χ0) is 18.9. The molecule has 3 atom stereocenters. The number of likely N-dealkylation sites (tertiary alicyclic amines) is 1. The number of hydrogen-bond donors (Lipinski definition) is 3. The minimum Gasteiger partial charge on any atom is -0.480 e. The van der Waals surface area contributed by atoms with Gasteiger partial charge in [0.25, 0.3) is 0 Å². The van der Waals surface area contributed by atoms with Crippen LogP contribution in [0.25, 0.3) is 0 Å². The van der Waals surface area contributed by atoms with Gasteiger partial charge in [-0.05, 0) is 26.2 Å². The molecule has 3 N–H and O–H groups in total. The van der Waals surface area contributed by atoms with Gasteiger partial charge in [0.05, 0.1) is 6.10 Å². The lowest BCUT2D eigenvalue weighted by molar-refractivity contribution is -0.150. The van der Waals surface area contributed by atoms with Gasteiger partial charge in [0.15, 0.2) is 0 Å². The van der Waals surface area contributed by atoms with Gasteiger partial charge in [-0.3, -0.25) is 4.79 Å². The van der Waals surface area contributed by atoms with Crippen molar-refractivity contribution < 1.29 is 29.3 Å². The number of carbonyl (C=O) groups excluding carboxylic acids is 2. The van der Waals surface area contributed by atoms with Crippen LogP contribution in [-0.4, -0.2) is 63.4 Å². The fourth-order valence-electron chi connectivity index (χ4n) is 2.53. The summed E-state index contributed by atoms with van der Waals surface area (Å²) in [6.45, 7) is 10.3. The van der Waals surface area contributed by atoms with Gasteiger partial charge < -0.3 is 25.2 Å². The first kappa shape index (κ1) is 20.2. The first-order valence-corrected chi connectivity index (χ1v) is 7.93. The SMILES string of the molecule is CC(C)(C)OC(=O)NC(C(=O)N1CC(O)C[C@H]1C(=O)O)C(C)(C)C. The van der Waals surface area contributed by atoms with E-state index in [1.807, 2.05) is 0 Å². The zero-order valence-corrected chi connectivity index (χ0v) is 15.1. The third kappa shape index (κ3) is 5.36. The van der Waals surface area contributed by atoms with Gasteiger partial charge in [-0.15, -0.1) is 0 Å². The Hall–Kier alpha value is -1.83. The monoisotopic (exact) mass is 344 g/mol. The summed E-state index contributed by atoms with van der Waals surface area (Å²) in [7, 11) is 0. The highest BCUT2D eigenvalue weighted by atomic mass is 16.6. The molecule has 2 amide bonds. The lowest BCUT2D eigenvalue weighted by atomic mass is 9.85. The summed E-state index contributed by atoms with van der Waals surface area (Å²) in [6, 6.07) is -2.07. The number of nitrogens with zero attached hydrogens (tertiary/aromatic N) is 1. The summed E-state index contributed by atoms with van der Waals surface area (Å²) >= 11 is 0. The van der Waals surface area contributed by atoms with E-state index in [1.54, 1.807) is 41.5 Å². The number of carboxylic acids is 1. The molecule has 0 aromatic rings. The Morgan fingerprint density at radius 1 is 1.17 bits per heavy atom. The van der Waals surface area contributed by atoms with Crippen LogP contribution in [0.5, 0.6) is 0 Å². The van der Waals surface area contributed by atoms with Crippen LogP contribution in [0.4, 0.5) is 4.79 Å². The highest BCUT2D eigenvalue weighted by molar-refractivity contribution is 5.90. The van der Waals surface area contributed by atoms with Crippen molar-refractivity contribution in [3.8, 4) is 0 Å². The number of β-amino-alcohol motifs (C(OH)–C–C–N with tert-alkyl or cyclic N) is 1. The number of carboxylic acid groups (broad SMARTS) is 1. The first-order valence-electron chi connectivity index (χ1n) is 7.93. The molecule has 2 unspecified atom stereocenters. The molecule has 1 rings (SSSR count). The van der Waals surface area contributed by atoms with Gasteiger partial charge in [-0.2, -0.15) is 0 Å². The van der Waals surface area contributed by atoms with Crippen LogP contribution in [0, 0.1) is 5.41 Å². The largest absolute Gasteiger partial charge is 0.480 e. The van der Waals surface area contributed by atoms with Crippen molar-refractivity contribution in [2.45, 2.75) is 71.8 Å². The Bertz CT molecular complexity index is 506. The van der Waals surface area contributed by atoms with Crippen molar-refractivity contribution in [2.75, 3.05) is 6.54 Å². The van der Waals surface area contributed by atoms with Crippen LogP contribution in [0.1, 0.15) is 48.0 Å². The van der Waals surface area contributed by atoms with Gasteiger partial charge in [0.2, 0.25) is 5.91 Å². The third-order valence-corrected chi connectivity index (χ3v) is 3.62. The van der Waals surface area contributed by atoms with Crippen molar-refractivity contribution >= 4 is 18.0 Å². The van der Waals surface area contributed by atoms with E-state index in [1.165, 1.54) is 0 Å². The number of nitrogens with one attached hydrogen (secondary N) is 1. The van der Waals surface area contributed by atoms with Crippen LogP contribution >= 0.6 is 0 Å². The quantitative estimate of drug-likeness (QED) is 0.702. The number of carbonyl (C=O) groups is 3. The highest BCUT2D eigenvalue weighted by Crippen LogP contribution is 2.26. The average molecular weight is 344 g/mol. The summed E-state index contributed by atoms with van der Waals surface area (Å²) in [5, 5.41) is 21.5. The van der Waals surface area contributed by atoms with Crippen LogP contribution in [0.3, 0.4) is 0 Å². The molecule has 1 saturated heterocycles. The van der Waals surface area contributed by atoms with E-state index in [-0.39, 0.29) is 13.0 Å². The lowest BCUT2D eigenvalue weighted by Gasteiger charge is -2.35. The molecule has 8 heteroatoms. The summed E-state index contributed by atoms with van der Waals surface area (Å²) in [5.41, 5.74) is -1.38. The molecule has 24 heavy (non-hydrogen) atoms. The van der Waals surface area contributed by atoms with E-state index in [4.69, 9.17) is 4.74 Å². The van der Waals surface area contributed by atoms with Crippen LogP contribution in [0.2, 0.25) is 0 Å². The van der Waals surface area contributed by atoms with E-state index in [2.05, 4.69) is 5.32 Å². The van der Waals surface area contributed by atoms with Gasteiger partial charge in [0, 0.05) is 13.0 Å². The number of aliphatic hydroxyl groups is 1. The summed E-state index contributed by atoms with van der Waals surface area (Å²) in [5.74, 6) is -1.72. The second-order valence-corrected chi connectivity index (χ2v) is 8.18. The molecule has 0 aromatic heterocycles. The minimum atomic E-state index is -1.18. The van der Waals surface area contributed by atoms with Gasteiger partial charge in [-0.1, -0.05) is 20.8 Å². The predicted octanol–water partition coefficient (Wildman–Crippen LogP) is 0.972. The maximum Gasteiger partial charge on any atom is 0.408 e. The summed E-state index contributed by atoms with van der Waals surface area (Å²) in [4.78, 5) is 37.3. The molecule has 1 heterocycles. The molecule has 0 spiro atoms. The van der Waals surface area contributed by atoms with Crippen molar-refractivity contribution in [1.82, 2.24) is 10.2 Å². The van der Waals surface area contributed by atoms with Crippen molar-refractivity contribution in [3.63, 3.8) is 0 Å². The fraction of sp³-hybridized carbons (Fsp3) is 0.812. The van der Waals surface area contributed by atoms with Crippen molar-refractivity contribution in [3.05, 3.63) is 0 Å². The average Bonchev–Trinajstić information content (AvgIpc) is 2.74. The Morgan fingerprint density at radius 2 is 1.71 bits per heavy atom. The molecular formula is C16H28N2O6. The maximum absolute atomic E-state index is 12.8. The molecular weight excluding hydrogens is 316 g/mol. The molecule has 0 saturated carbocycles. The second kappa shape index (κ2) is 6.96. The van der Waals surface area contributed by atoms with Crippen molar-refractivity contribution in [2.24, 2.45) is 5.41 Å². The number of amides is 2. The summed E-state index contributed by atoms with van der Waals surface area (Å²) < 4.78 is 5.19. The van der Waals surface area contributed by atoms with E-state index < -0.39 is 47.2 Å². The molecule has 0 bridgehead atoms. The Balaban J connectivity index is 2.98. The molecule has 0 aromatic carbocycles. The maximum atomic E-state index is 12.8. The number of rotatable bonds is 3. The Labute approximate surface area is 142 Å². The first-order chi connectivity index (χ1) is 10.7. The zero-order valence-electron chi connectivity index (χ0n) is 15.1. The number of aliphatic carboxylic acids is 1. The molecule has 138 valence electrons. The number of alkyl carbamates (subject to hydrolysis) is 1. The molecule has 0 aliphatic carbocycles. The molecule has 1 fully saturated rings. The van der Waals surface area contributed by atoms with Gasteiger partial charge in [0.1, 0.15) is 17.7 Å². The Kier molecular flexibility index (Phi) is 5.86. The van der Waals surface area contributed by atoms with E-state index in [0.717, 1.165) is 4.90 Å². The van der Waals surface area contributed by atoms with Crippen molar-refractivity contribution in [1.29, 1.82) is 0 Å². The molecule has 1 aliphatic rings. The Morgan fingerprint density at radius 3 is 2.12 bits per heavy atom. The second-order valence-electron chi connectivity index (χ2n) is 8.18. The van der Waals surface area contributed by atoms with E-state index in [0.29, 0.717) is 0 Å². The summed E-state index contributed by atoms with van der Waals surface area (Å²) in [6.07, 6.45) is -1.66.